The molecule has 1 aromatic rings. The lowest BCUT2D eigenvalue weighted by atomic mass is 9.65. The minimum absolute atomic E-state index is 0.0460. The summed E-state index contributed by atoms with van der Waals surface area (Å²) in [4.78, 5) is 30.7. The Morgan fingerprint density at radius 2 is 1.73 bits per heavy atom. The van der Waals surface area contributed by atoms with E-state index >= 15 is 0 Å². The Labute approximate surface area is 192 Å². The summed E-state index contributed by atoms with van der Waals surface area (Å²) in [6.45, 7) is 2.10. The van der Waals surface area contributed by atoms with Crippen LogP contribution in [-0.2, 0) is 9.59 Å². The van der Waals surface area contributed by atoms with Gasteiger partial charge in [-0.2, -0.15) is 13.2 Å². The zero-order valence-corrected chi connectivity index (χ0v) is 18.8. The van der Waals surface area contributed by atoms with Gasteiger partial charge in [-0.1, -0.05) is 31.0 Å². The summed E-state index contributed by atoms with van der Waals surface area (Å²) in [5, 5.41) is 11.8. The summed E-state index contributed by atoms with van der Waals surface area (Å²) in [6.07, 6.45) is -2.53. The molecule has 1 spiro atoms. The molecule has 1 aliphatic carbocycles. The Balaban J connectivity index is 1.42. The number of halogens is 3. The molecule has 182 valence electrons. The minimum atomic E-state index is -4.36. The summed E-state index contributed by atoms with van der Waals surface area (Å²) in [7, 11) is 0. The second-order valence-electron chi connectivity index (χ2n) is 9.77. The summed E-state index contributed by atoms with van der Waals surface area (Å²) >= 11 is 0. The monoisotopic (exact) mass is 467 g/mol. The summed E-state index contributed by atoms with van der Waals surface area (Å²) in [5.74, 6) is -0.552. The van der Waals surface area contributed by atoms with Crippen LogP contribution >= 0.6 is 0 Å². The standard InChI is InChI=1S/C24H32F3N3O3/c25-24(26,27)11-8-20(31)29-13-12-23(33,22(17-29)9-4-5-10-22)18-30-15-14-28(16-21(30)32)19-6-2-1-3-7-19/h1-3,6-7,33H,4-5,8-18H2. The van der Waals surface area contributed by atoms with Gasteiger partial charge in [0.1, 0.15) is 0 Å². The van der Waals surface area contributed by atoms with Crippen molar-refractivity contribution in [2.24, 2.45) is 5.41 Å². The van der Waals surface area contributed by atoms with Gasteiger partial charge in [-0.25, -0.2) is 0 Å². The van der Waals surface area contributed by atoms with Gasteiger partial charge in [-0.05, 0) is 31.4 Å². The average molecular weight is 468 g/mol. The number of nitrogens with zero attached hydrogens (tertiary/aromatic N) is 3. The van der Waals surface area contributed by atoms with E-state index in [1.54, 1.807) is 4.90 Å². The number of para-hydroxylation sites is 1. The highest BCUT2D eigenvalue weighted by atomic mass is 19.4. The topological polar surface area (TPSA) is 64.1 Å². The molecule has 1 N–H and O–H groups in total. The number of aliphatic hydroxyl groups is 1. The van der Waals surface area contributed by atoms with E-state index in [9.17, 15) is 27.9 Å². The van der Waals surface area contributed by atoms with Crippen molar-refractivity contribution in [2.75, 3.05) is 44.2 Å². The van der Waals surface area contributed by atoms with E-state index in [-0.39, 0.29) is 38.5 Å². The Morgan fingerprint density at radius 1 is 1.03 bits per heavy atom. The molecular formula is C24H32F3N3O3. The van der Waals surface area contributed by atoms with Crippen LogP contribution in [0.4, 0.5) is 18.9 Å². The van der Waals surface area contributed by atoms with Crippen LogP contribution in [0.1, 0.15) is 44.9 Å². The van der Waals surface area contributed by atoms with Crippen LogP contribution in [0.5, 0.6) is 0 Å². The molecule has 2 aliphatic heterocycles. The smallest absolute Gasteiger partial charge is 0.387 e. The quantitative estimate of drug-likeness (QED) is 0.723. The zero-order valence-electron chi connectivity index (χ0n) is 18.8. The lowest BCUT2D eigenvalue weighted by Crippen LogP contribution is -2.65. The average Bonchev–Trinajstić information content (AvgIpc) is 3.26. The van der Waals surface area contributed by atoms with Crippen molar-refractivity contribution < 1.29 is 27.9 Å². The van der Waals surface area contributed by atoms with Crippen LogP contribution in [0, 0.1) is 5.41 Å². The molecule has 0 aromatic heterocycles. The molecule has 0 bridgehead atoms. The van der Waals surface area contributed by atoms with E-state index in [2.05, 4.69) is 0 Å². The number of likely N-dealkylation sites (tertiary alicyclic amines) is 1. The number of rotatable bonds is 5. The Kier molecular flexibility index (Phi) is 6.62. The van der Waals surface area contributed by atoms with Crippen molar-refractivity contribution in [1.29, 1.82) is 0 Å². The van der Waals surface area contributed by atoms with Gasteiger partial charge in [0.25, 0.3) is 0 Å². The van der Waals surface area contributed by atoms with Crippen molar-refractivity contribution in [2.45, 2.75) is 56.7 Å². The number of amides is 2. The van der Waals surface area contributed by atoms with Gasteiger partial charge in [-0.15, -0.1) is 0 Å². The van der Waals surface area contributed by atoms with Crippen LogP contribution in [0.15, 0.2) is 30.3 Å². The number of benzene rings is 1. The van der Waals surface area contributed by atoms with E-state index in [1.807, 2.05) is 35.2 Å². The van der Waals surface area contributed by atoms with Gasteiger partial charge in [0, 0.05) is 43.7 Å². The van der Waals surface area contributed by atoms with Gasteiger partial charge in [-0.3, -0.25) is 9.59 Å². The Morgan fingerprint density at radius 3 is 2.36 bits per heavy atom. The highest BCUT2D eigenvalue weighted by Gasteiger charge is 2.56. The molecule has 3 fully saturated rings. The maximum Gasteiger partial charge on any atom is 0.389 e. The molecule has 4 rings (SSSR count). The maximum absolute atomic E-state index is 13.0. The molecule has 2 saturated heterocycles. The third-order valence-electron chi connectivity index (χ3n) is 7.70. The fraction of sp³-hybridized carbons (Fsp3) is 0.667. The highest BCUT2D eigenvalue weighted by Crippen LogP contribution is 2.51. The van der Waals surface area contributed by atoms with E-state index in [4.69, 9.17) is 0 Å². The number of anilines is 1. The predicted octanol–water partition coefficient (Wildman–Crippen LogP) is 3.20. The van der Waals surface area contributed by atoms with Crippen LogP contribution in [-0.4, -0.2) is 77.8 Å². The maximum atomic E-state index is 13.0. The van der Waals surface area contributed by atoms with Crippen LogP contribution in [0.25, 0.3) is 0 Å². The molecule has 0 radical (unpaired) electrons. The fourth-order valence-corrected chi connectivity index (χ4v) is 5.77. The lowest BCUT2D eigenvalue weighted by molar-refractivity contribution is -0.171. The van der Waals surface area contributed by atoms with Gasteiger partial charge in [0.05, 0.1) is 25.1 Å². The van der Waals surface area contributed by atoms with E-state index < -0.39 is 35.9 Å². The number of piperidine rings is 1. The van der Waals surface area contributed by atoms with Crippen molar-refractivity contribution in [1.82, 2.24) is 9.80 Å². The van der Waals surface area contributed by atoms with Crippen LogP contribution in [0.2, 0.25) is 0 Å². The first kappa shape index (κ1) is 23.9. The molecule has 1 saturated carbocycles. The van der Waals surface area contributed by atoms with Gasteiger partial charge in [0.2, 0.25) is 11.8 Å². The van der Waals surface area contributed by atoms with Crippen molar-refractivity contribution in [3.8, 4) is 0 Å². The summed E-state index contributed by atoms with van der Waals surface area (Å²) < 4.78 is 37.7. The first-order chi connectivity index (χ1) is 15.6. The molecule has 33 heavy (non-hydrogen) atoms. The number of β-amino-alcohol motifs (C(OH)–C–C–N with tert-alkyl or cyclic N) is 1. The first-order valence-electron chi connectivity index (χ1n) is 11.8. The molecular weight excluding hydrogens is 435 g/mol. The lowest BCUT2D eigenvalue weighted by Gasteiger charge is -2.54. The fourth-order valence-electron chi connectivity index (χ4n) is 5.77. The molecule has 9 heteroatoms. The second-order valence-corrected chi connectivity index (χ2v) is 9.77. The predicted molar refractivity (Wildman–Crippen MR) is 118 cm³/mol. The molecule has 1 unspecified atom stereocenters. The normalized spacial score (nSPS) is 25.7. The van der Waals surface area contributed by atoms with Crippen molar-refractivity contribution in [3.05, 3.63) is 30.3 Å². The van der Waals surface area contributed by atoms with Crippen molar-refractivity contribution in [3.63, 3.8) is 0 Å². The Bertz CT molecular complexity index is 858. The number of hydrogen-bond acceptors (Lipinski definition) is 4. The summed E-state index contributed by atoms with van der Waals surface area (Å²) in [5.41, 5.74) is -0.729. The number of carbonyl (C=O) groups is 2. The van der Waals surface area contributed by atoms with Crippen LogP contribution in [0.3, 0.4) is 0 Å². The van der Waals surface area contributed by atoms with Gasteiger partial charge >= 0.3 is 6.18 Å². The van der Waals surface area contributed by atoms with Crippen LogP contribution < -0.4 is 4.90 Å². The number of carbonyl (C=O) groups excluding carboxylic acids is 2. The molecule has 2 heterocycles. The number of alkyl halides is 3. The first-order valence-corrected chi connectivity index (χ1v) is 11.8. The molecule has 3 aliphatic rings. The Hall–Kier alpha value is -2.29. The SMILES string of the molecule is O=C1CN(c2ccccc2)CCN1CC1(O)CCN(C(=O)CCC(F)(F)F)CC12CCCC2. The van der Waals surface area contributed by atoms with Gasteiger partial charge < -0.3 is 19.8 Å². The molecule has 1 aromatic carbocycles. The van der Waals surface area contributed by atoms with E-state index in [0.717, 1.165) is 18.5 Å². The van der Waals surface area contributed by atoms with E-state index in [0.29, 0.717) is 25.9 Å². The third-order valence-corrected chi connectivity index (χ3v) is 7.70. The highest BCUT2D eigenvalue weighted by molar-refractivity contribution is 5.83. The van der Waals surface area contributed by atoms with Gasteiger partial charge in [0.15, 0.2) is 0 Å². The number of piperazine rings is 1. The minimum Gasteiger partial charge on any atom is -0.387 e. The second kappa shape index (κ2) is 9.16. The third kappa shape index (κ3) is 5.13. The van der Waals surface area contributed by atoms with E-state index in [1.165, 1.54) is 4.90 Å². The zero-order chi connectivity index (χ0) is 23.7. The van der Waals surface area contributed by atoms with Crippen molar-refractivity contribution >= 4 is 17.5 Å². The molecule has 2 amide bonds. The molecule has 1 atom stereocenters. The summed E-state index contributed by atoms with van der Waals surface area (Å²) in [6, 6.07) is 9.73. The number of hydrogen-bond donors (Lipinski definition) is 1. The largest absolute Gasteiger partial charge is 0.389 e. The molecule has 6 nitrogen and oxygen atoms in total.